The zero-order valence-corrected chi connectivity index (χ0v) is 23.1. The summed E-state index contributed by atoms with van der Waals surface area (Å²) in [5, 5.41) is 31.0. The number of alkyl halides is 2. The molecule has 3 heterocycles. The van der Waals surface area contributed by atoms with Crippen LogP contribution in [0.5, 0.6) is 0 Å². The monoisotopic (exact) mass is 580 g/mol. The molecule has 41 heavy (non-hydrogen) atoms. The third-order valence-corrected chi connectivity index (χ3v) is 7.14. The lowest BCUT2D eigenvalue weighted by Gasteiger charge is -2.21. The van der Waals surface area contributed by atoms with E-state index in [1.807, 2.05) is 0 Å². The zero-order valence-electron chi connectivity index (χ0n) is 23.1. The number of nitrogens with one attached hydrogen (secondary N) is 1. The Balaban J connectivity index is 1.62. The summed E-state index contributed by atoms with van der Waals surface area (Å²) in [7, 11) is 0. The summed E-state index contributed by atoms with van der Waals surface area (Å²) in [5.41, 5.74) is -1.38. The van der Waals surface area contributed by atoms with Crippen molar-refractivity contribution in [1.82, 2.24) is 14.5 Å². The maximum atomic E-state index is 14.4. The number of aromatic nitrogens is 3. The van der Waals surface area contributed by atoms with Gasteiger partial charge in [0.05, 0.1) is 23.4 Å². The fourth-order valence-electron chi connectivity index (χ4n) is 4.87. The van der Waals surface area contributed by atoms with Crippen LogP contribution in [0.4, 0.5) is 14.6 Å². The molecular formula is C28H38F2N4O7. The summed E-state index contributed by atoms with van der Waals surface area (Å²) in [6.45, 7) is 1.30. The van der Waals surface area contributed by atoms with Crippen LogP contribution in [0.1, 0.15) is 104 Å². The summed E-state index contributed by atoms with van der Waals surface area (Å²) in [6.07, 6.45) is 7.66. The van der Waals surface area contributed by atoms with Gasteiger partial charge in [-0.2, -0.15) is 13.8 Å². The molecule has 2 aromatic heterocycles. The largest absolute Gasteiger partial charge is 0.478 e. The number of hydrogen-bond acceptors (Lipinski definition) is 8. The molecule has 1 aliphatic heterocycles. The van der Waals surface area contributed by atoms with Crippen LogP contribution in [0.3, 0.4) is 0 Å². The van der Waals surface area contributed by atoms with Crippen molar-refractivity contribution < 1.29 is 38.4 Å². The van der Waals surface area contributed by atoms with E-state index in [0.717, 1.165) is 31.5 Å². The molecule has 0 aromatic carbocycles. The fraction of sp³-hybridized carbons (Fsp3) is 0.607. The van der Waals surface area contributed by atoms with Crippen molar-refractivity contribution in [3.05, 3.63) is 51.8 Å². The topological polar surface area (TPSA) is 164 Å². The molecule has 11 nitrogen and oxygen atoms in total. The molecule has 226 valence electrons. The van der Waals surface area contributed by atoms with Crippen LogP contribution in [0.15, 0.2) is 29.3 Å². The summed E-state index contributed by atoms with van der Waals surface area (Å²) < 4.78 is 34.2. The smallest absolute Gasteiger partial charge is 0.351 e. The minimum Gasteiger partial charge on any atom is -0.478 e. The number of carboxylic acid groups (broad SMARTS) is 1. The Kier molecular flexibility index (Phi) is 11.9. The minimum atomic E-state index is -3.89. The molecule has 4 N–H and O–H groups in total. The number of aryl methyl sites for hydroxylation is 1. The van der Waals surface area contributed by atoms with Gasteiger partial charge in [-0.25, -0.2) is 9.59 Å². The number of aromatic carboxylic acids is 1. The molecule has 0 saturated carbocycles. The van der Waals surface area contributed by atoms with Crippen molar-refractivity contribution in [3.8, 4) is 0 Å². The zero-order chi connectivity index (χ0) is 30.0. The Bertz CT molecular complexity index is 1240. The Morgan fingerprint density at radius 2 is 1.71 bits per heavy atom. The number of aliphatic hydroxyl groups is 2. The van der Waals surface area contributed by atoms with Crippen LogP contribution in [0.2, 0.25) is 0 Å². The molecule has 1 aliphatic rings. The number of ether oxygens (including phenoxy) is 1. The number of carbonyl (C=O) groups is 2. The Hall–Kier alpha value is -3.29. The van der Waals surface area contributed by atoms with Gasteiger partial charge in [0.25, 0.3) is 5.91 Å². The van der Waals surface area contributed by atoms with Gasteiger partial charge in [-0.05, 0) is 25.0 Å². The number of rotatable bonds is 16. The van der Waals surface area contributed by atoms with Crippen molar-refractivity contribution in [3.63, 3.8) is 0 Å². The van der Waals surface area contributed by atoms with Crippen molar-refractivity contribution in [2.24, 2.45) is 0 Å². The van der Waals surface area contributed by atoms with E-state index in [2.05, 4.69) is 22.2 Å². The van der Waals surface area contributed by atoms with E-state index in [1.165, 1.54) is 50.8 Å². The van der Waals surface area contributed by atoms with E-state index in [4.69, 9.17) is 9.84 Å². The third kappa shape index (κ3) is 8.14. The summed E-state index contributed by atoms with van der Waals surface area (Å²) in [4.78, 5) is 45.2. The number of carbonyl (C=O) groups excluding carboxylic acids is 1. The number of aliphatic hydroxyl groups excluding tert-OH is 2. The molecule has 0 spiro atoms. The van der Waals surface area contributed by atoms with Gasteiger partial charge in [-0.1, -0.05) is 64.7 Å². The highest BCUT2D eigenvalue weighted by Crippen LogP contribution is 2.42. The highest BCUT2D eigenvalue weighted by molar-refractivity contribution is 6.10. The first-order valence-corrected chi connectivity index (χ1v) is 14.1. The number of nitrogens with zero attached hydrogens (tertiary/aromatic N) is 3. The van der Waals surface area contributed by atoms with Gasteiger partial charge in [0, 0.05) is 12.4 Å². The highest BCUT2D eigenvalue weighted by atomic mass is 19.3. The van der Waals surface area contributed by atoms with Gasteiger partial charge in [0.15, 0.2) is 6.10 Å². The van der Waals surface area contributed by atoms with Gasteiger partial charge in [0.1, 0.15) is 11.9 Å². The molecule has 0 radical (unpaired) electrons. The summed E-state index contributed by atoms with van der Waals surface area (Å²) in [6, 6.07) is 2.30. The first kappa shape index (κ1) is 32.2. The van der Waals surface area contributed by atoms with Crippen LogP contribution in [0.25, 0.3) is 0 Å². The molecule has 0 unspecified atom stereocenters. The average Bonchev–Trinajstić information content (AvgIpc) is 3.17. The van der Waals surface area contributed by atoms with Gasteiger partial charge < -0.3 is 25.4 Å². The Labute approximate surface area is 236 Å². The number of pyridine rings is 1. The van der Waals surface area contributed by atoms with Crippen LogP contribution < -0.4 is 11.0 Å². The lowest BCUT2D eigenvalue weighted by Crippen LogP contribution is -2.41. The molecule has 0 bridgehead atoms. The molecule has 1 amide bonds. The normalized spacial score (nSPS) is 19.8. The lowest BCUT2D eigenvalue weighted by molar-refractivity contribution is -0.140. The minimum absolute atomic E-state index is 0.180. The maximum absolute atomic E-state index is 14.4. The molecule has 0 aliphatic carbocycles. The Morgan fingerprint density at radius 3 is 2.27 bits per heavy atom. The molecular weight excluding hydrogens is 542 g/mol. The van der Waals surface area contributed by atoms with Crippen molar-refractivity contribution in [1.29, 1.82) is 0 Å². The van der Waals surface area contributed by atoms with E-state index in [1.54, 1.807) is 0 Å². The molecule has 13 heteroatoms. The maximum Gasteiger partial charge on any atom is 0.351 e. The van der Waals surface area contributed by atoms with Crippen LogP contribution in [-0.4, -0.2) is 66.5 Å². The number of hydrogen-bond donors (Lipinski definition) is 4. The molecule has 1 fully saturated rings. The Morgan fingerprint density at radius 1 is 1.07 bits per heavy atom. The van der Waals surface area contributed by atoms with E-state index in [-0.39, 0.29) is 22.6 Å². The van der Waals surface area contributed by atoms with Crippen molar-refractivity contribution in [2.45, 2.75) is 102 Å². The number of anilines is 1. The molecule has 1 saturated heterocycles. The van der Waals surface area contributed by atoms with Gasteiger partial charge in [0.2, 0.25) is 6.23 Å². The van der Waals surface area contributed by atoms with Crippen LogP contribution in [0, 0.1) is 0 Å². The highest BCUT2D eigenvalue weighted by Gasteiger charge is 2.59. The summed E-state index contributed by atoms with van der Waals surface area (Å²) >= 11 is 0. The number of carboxylic acids is 1. The van der Waals surface area contributed by atoms with Gasteiger partial charge >= 0.3 is 17.6 Å². The lowest BCUT2D eigenvalue weighted by atomic mass is 10.0. The third-order valence-electron chi connectivity index (χ3n) is 7.14. The van der Waals surface area contributed by atoms with Crippen molar-refractivity contribution >= 4 is 17.7 Å². The van der Waals surface area contributed by atoms with Crippen molar-refractivity contribution in [2.75, 3.05) is 11.9 Å². The van der Waals surface area contributed by atoms with Gasteiger partial charge in [-0.15, -0.1) is 0 Å². The predicted octanol–water partition coefficient (Wildman–Crippen LogP) is 3.94. The van der Waals surface area contributed by atoms with Crippen LogP contribution in [-0.2, 0) is 11.2 Å². The number of halogens is 2. The quantitative estimate of drug-likeness (QED) is 0.215. The first-order valence-electron chi connectivity index (χ1n) is 14.1. The second kappa shape index (κ2) is 15.1. The first-order chi connectivity index (χ1) is 19.6. The average molecular weight is 581 g/mol. The second-order valence-corrected chi connectivity index (χ2v) is 10.2. The molecule has 3 atom stereocenters. The van der Waals surface area contributed by atoms with E-state index < -0.39 is 48.5 Å². The summed E-state index contributed by atoms with van der Waals surface area (Å²) in [5.74, 6) is -6.38. The SMILES string of the molecule is CCCCCCCCCCCCc1nccc(C(=O)Nc2ccn([C@@H]3O[C@H](CO)[C@@H](O)C3(F)F)c(=O)n2)c1C(=O)O. The predicted molar refractivity (Wildman–Crippen MR) is 145 cm³/mol. The standard InChI is InChI=1S/C28H38F2N4O7/c1-2-3-4-5-6-7-8-9-10-11-12-19-22(25(38)39)18(13-15-31-19)24(37)32-21-14-16-34(27(40)33-21)26-28(29,30)23(36)20(17-35)41-26/h13-16,20,23,26,35-36H,2-12,17H2,1H3,(H,38,39)(H,32,33,37,40)/t20-,23-,26-/m1/s1. The van der Waals surface area contributed by atoms with E-state index in [0.29, 0.717) is 17.4 Å². The number of amides is 1. The van der Waals surface area contributed by atoms with Crippen LogP contribution >= 0.6 is 0 Å². The van der Waals surface area contributed by atoms with Gasteiger partial charge in [-0.3, -0.25) is 14.3 Å². The van der Waals surface area contributed by atoms with E-state index >= 15 is 0 Å². The molecule has 3 rings (SSSR count). The second-order valence-electron chi connectivity index (χ2n) is 10.2. The fourth-order valence-corrected chi connectivity index (χ4v) is 4.87. The molecule has 2 aromatic rings. The number of unbranched alkanes of at least 4 members (excludes halogenated alkanes) is 9. The van der Waals surface area contributed by atoms with E-state index in [9.17, 15) is 33.4 Å².